The lowest BCUT2D eigenvalue weighted by Gasteiger charge is -2.48. The first kappa shape index (κ1) is 22.9. The number of halogens is 1. The second kappa shape index (κ2) is 9.90. The van der Waals surface area contributed by atoms with Crippen LogP contribution in [0.25, 0.3) is 0 Å². The minimum absolute atomic E-state index is 0. The van der Waals surface area contributed by atoms with Gasteiger partial charge in [0.25, 0.3) is 0 Å². The molecule has 6 heteroatoms. The normalized spacial score (nSPS) is 24.2. The molecule has 0 aromatic heterocycles. The van der Waals surface area contributed by atoms with Crippen LogP contribution in [0.3, 0.4) is 0 Å². The highest BCUT2D eigenvalue weighted by molar-refractivity contribution is 5.85. The van der Waals surface area contributed by atoms with Crippen molar-refractivity contribution in [3.05, 3.63) is 71.8 Å². The van der Waals surface area contributed by atoms with E-state index in [2.05, 4.69) is 29.2 Å². The first-order valence-corrected chi connectivity index (χ1v) is 9.57. The van der Waals surface area contributed by atoms with Crippen LogP contribution in [0.2, 0.25) is 0 Å². The quantitative estimate of drug-likeness (QED) is 0.678. The summed E-state index contributed by atoms with van der Waals surface area (Å²) in [4.78, 5) is 25.8. The molecule has 0 bridgehead atoms. The van der Waals surface area contributed by atoms with Gasteiger partial charge in [-0.25, -0.2) is 0 Å². The largest absolute Gasteiger partial charge is 0.458 e. The zero-order valence-electron chi connectivity index (χ0n) is 17.0. The van der Waals surface area contributed by atoms with Crippen LogP contribution in [-0.4, -0.2) is 35.1 Å². The number of ether oxygens (including phenoxy) is 2. The van der Waals surface area contributed by atoms with Gasteiger partial charge in [0.15, 0.2) is 5.60 Å². The van der Waals surface area contributed by atoms with Crippen LogP contribution in [0.15, 0.2) is 60.7 Å². The molecule has 1 aliphatic heterocycles. The third-order valence-electron chi connectivity index (χ3n) is 5.17. The first-order valence-electron chi connectivity index (χ1n) is 9.57. The molecule has 2 aromatic carbocycles. The number of hydrogen-bond acceptors (Lipinski definition) is 5. The van der Waals surface area contributed by atoms with Gasteiger partial charge in [0.2, 0.25) is 0 Å². The molecule has 0 saturated carbocycles. The molecule has 29 heavy (non-hydrogen) atoms. The van der Waals surface area contributed by atoms with Gasteiger partial charge in [-0.2, -0.15) is 0 Å². The van der Waals surface area contributed by atoms with Crippen molar-refractivity contribution in [1.29, 1.82) is 0 Å². The lowest BCUT2D eigenvalue weighted by atomic mass is 9.83. The second-order valence-corrected chi connectivity index (χ2v) is 7.56. The molecule has 1 heterocycles. The van der Waals surface area contributed by atoms with E-state index in [0.29, 0.717) is 19.5 Å². The van der Waals surface area contributed by atoms with Crippen LogP contribution in [-0.2, 0) is 25.6 Å². The summed E-state index contributed by atoms with van der Waals surface area (Å²) in [7, 11) is 0. The molecule has 0 spiro atoms. The number of carbonyl (C=O) groups is 2. The van der Waals surface area contributed by atoms with Gasteiger partial charge >= 0.3 is 11.9 Å². The van der Waals surface area contributed by atoms with Crippen LogP contribution in [0, 0.1) is 0 Å². The zero-order valence-corrected chi connectivity index (χ0v) is 17.9. The molecule has 1 fully saturated rings. The van der Waals surface area contributed by atoms with Gasteiger partial charge in [0.05, 0.1) is 0 Å². The summed E-state index contributed by atoms with van der Waals surface area (Å²) in [6.07, 6.45) is 0.0475. The summed E-state index contributed by atoms with van der Waals surface area (Å²) in [5.74, 6) is -0.746. The predicted molar refractivity (Wildman–Crippen MR) is 114 cm³/mol. The molecule has 1 aliphatic rings. The lowest BCUT2D eigenvalue weighted by Crippen LogP contribution is -2.59. The standard InChI is InChI=1S/C23H27NO4.ClH/c1-17(25)27-22-14-21(20-12-8-5-9-13-20)24(15-19-10-6-4-7-11-19)16-23(22,3)28-18(2)26;/h4-13,21-22H,14-16H2,1-3H3;1H/t21-,22-,23+;/m0./s1. The number of hydrogen-bond donors (Lipinski definition) is 0. The summed E-state index contributed by atoms with van der Waals surface area (Å²) >= 11 is 0. The fourth-order valence-corrected chi connectivity index (χ4v) is 4.02. The molecular weight excluding hydrogens is 390 g/mol. The SMILES string of the molecule is CC(=O)O[C@H]1C[C@@H](c2ccccc2)N(Cc2ccccc2)C[C@@]1(C)OC(C)=O.Cl. The highest BCUT2D eigenvalue weighted by Crippen LogP contribution is 2.39. The van der Waals surface area contributed by atoms with Crippen molar-refractivity contribution in [3.63, 3.8) is 0 Å². The summed E-state index contributed by atoms with van der Waals surface area (Å²) in [6.45, 7) is 5.81. The molecule has 0 radical (unpaired) electrons. The average molecular weight is 418 g/mol. The molecule has 0 N–H and O–H groups in total. The van der Waals surface area contributed by atoms with Gasteiger partial charge in [-0.05, 0) is 18.1 Å². The summed E-state index contributed by atoms with van der Waals surface area (Å²) in [6, 6.07) is 20.4. The topological polar surface area (TPSA) is 55.8 Å². The molecule has 2 aromatic rings. The van der Waals surface area contributed by atoms with Crippen LogP contribution < -0.4 is 0 Å². The van der Waals surface area contributed by atoms with Crippen LogP contribution in [0.1, 0.15) is 44.4 Å². The van der Waals surface area contributed by atoms with Crippen molar-refractivity contribution in [1.82, 2.24) is 4.90 Å². The molecule has 5 nitrogen and oxygen atoms in total. The number of likely N-dealkylation sites (tertiary alicyclic amines) is 1. The van der Waals surface area contributed by atoms with Crippen molar-refractivity contribution in [2.45, 2.75) is 51.5 Å². The van der Waals surface area contributed by atoms with Gasteiger partial charge in [-0.15, -0.1) is 12.4 Å². The van der Waals surface area contributed by atoms with E-state index < -0.39 is 11.7 Å². The predicted octanol–water partition coefficient (Wildman–Crippen LogP) is 4.31. The van der Waals surface area contributed by atoms with Crippen molar-refractivity contribution >= 4 is 24.3 Å². The second-order valence-electron chi connectivity index (χ2n) is 7.56. The van der Waals surface area contributed by atoms with Gasteiger partial charge < -0.3 is 9.47 Å². The Morgan fingerprint density at radius 1 is 1.00 bits per heavy atom. The van der Waals surface area contributed by atoms with Gasteiger partial charge in [0.1, 0.15) is 6.10 Å². The molecule has 156 valence electrons. The molecule has 1 saturated heterocycles. The Bertz CT molecular complexity index is 814. The average Bonchev–Trinajstić information content (AvgIpc) is 2.64. The first-order chi connectivity index (χ1) is 13.4. The molecule has 0 aliphatic carbocycles. The maximum atomic E-state index is 11.8. The summed E-state index contributed by atoms with van der Waals surface area (Å²) in [5, 5.41) is 0. The van der Waals surface area contributed by atoms with E-state index in [1.807, 2.05) is 43.3 Å². The molecule has 3 rings (SSSR count). The Morgan fingerprint density at radius 2 is 1.59 bits per heavy atom. The fourth-order valence-electron chi connectivity index (χ4n) is 4.02. The number of esters is 2. The monoisotopic (exact) mass is 417 g/mol. The fraction of sp³-hybridized carbons (Fsp3) is 0.391. The van der Waals surface area contributed by atoms with Crippen LogP contribution in [0.4, 0.5) is 0 Å². The Kier molecular flexibility index (Phi) is 7.82. The minimum Gasteiger partial charge on any atom is -0.458 e. The number of rotatable bonds is 5. The van der Waals surface area contributed by atoms with Gasteiger partial charge in [0, 0.05) is 39.4 Å². The maximum Gasteiger partial charge on any atom is 0.303 e. The minimum atomic E-state index is -0.905. The third kappa shape index (κ3) is 5.81. The van der Waals surface area contributed by atoms with E-state index in [1.165, 1.54) is 19.4 Å². The van der Waals surface area contributed by atoms with E-state index >= 15 is 0 Å². The van der Waals surface area contributed by atoms with E-state index in [1.54, 1.807) is 0 Å². The van der Waals surface area contributed by atoms with E-state index in [9.17, 15) is 9.59 Å². The molecule has 0 amide bonds. The third-order valence-corrected chi connectivity index (χ3v) is 5.17. The van der Waals surface area contributed by atoms with E-state index in [0.717, 1.165) is 5.56 Å². The number of piperidine rings is 1. The molecular formula is C23H28ClNO4. The smallest absolute Gasteiger partial charge is 0.303 e. The van der Waals surface area contributed by atoms with E-state index in [4.69, 9.17) is 9.47 Å². The van der Waals surface area contributed by atoms with Crippen molar-refractivity contribution in [2.24, 2.45) is 0 Å². The Morgan fingerprint density at radius 3 is 2.14 bits per heavy atom. The Hall–Kier alpha value is -2.37. The highest BCUT2D eigenvalue weighted by Gasteiger charge is 2.48. The van der Waals surface area contributed by atoms with Crippen molar-refractivity contribution < 1.29 is 19.1 Å². The Balaban J connectivity index is 0.00000300. The maximum absolute atomic E-state index is 11.8. The molecule has 0 unspecified atom stereocenters. The van der Waals surface area contributed by atoms with Gasteiger partial charge in [-0.1, -0.05) is 60.7 Å². The number of nitrogens with zero attached hydrogens (tertiary/aromatic N) is 1. The summed E-state index contributed by atoms with van der Waals surface area (Å²) in [5.41, 5.74) is 1.43. The van der Waals surface area contributed by atoms with E-state index in [-0.39, 0.29) is 30.4 Å². The number of carbonyl (C=O) groups excluding carboxylic acids is 2. The van der Waals surface area contributed by atoms with Crippen molar-refractivity contribution in [3.8, 4) is 0 Å². The molecule has 3 atom stereocenters. The Labute approximate surface area is 178 Å². The number of benzene rings is 2. The highest BCUT2D eigenvalue weighted by atomic mass is 35.5. The van der Waals surface area contributed by atoms with Crippen LogP contribution >= 0.6 is 12.4 Å². The summed E-state index contributed by atoms with van der Waals surface area (Å²) < 4.78 is 11.3. The zero-order chi connectivity index (χ0) is 20.1. The van der Waals surface area contributed by atoms with Crippen molar-refractivity contribution in [2.75, 3.05) is 6.54 Å². The van der Waals surface area contributed by atoms with Gasteiger partial charge in [-0.3, -0.25) is 14.5 Å². The van der Waals surface area contributed by atoms with Crippen LogP contribution in [0.5, 0.6) is 0 Å². The lowest BCUT2D eigenvalue weighted by molar-refractivity contribution is -0.198.